The molecule has 18 heavy (non-hydrogen) atoms. The number of imidazole rings is 1. The topological polar surface area (TPSA) is 72.9 Å². The van der Waals surface area contributed by atoms with E-state index in [0.29, 0.717) is 6.42 Å². The summed E-state index contributed by atoms with van der Waals surface area (Å²) in [5, 5.41) is 3.16. The van der Waals surface area contributed by atoms with E-state index in [0.717, 1.165) is 31.8 Å². The average molecular weight is 252 g/mol. The zero-order chi connectivity index (χ0) is 13.6. The lowest BCUT2D eigenvalue weighted by Gasteiger charge is -2.27. The van der Waals surface area contributed by atoms with Crippen LogP contribution in [0.5, 0.6) is 0 Å². The quantitative estimate of drug-likeness (QED) is 0.727. The SMILES string of the molecule is CCCc1nccn1CCC(C)(NCC)C(N)=O. The molecule has 1 unspecified atom stereocenters. The number of nitrogens with zero attached hydrogens (tertiary/aromatic N) is 2. The molecule has 0 saturated carbocycles. The Morgan fingerprint density at radius 2 is 2.28 bits per heavy atom. The van der Waals surface area contributed by atoms with E-state index in [-0.39, 0.29) is 5.91 Å². The van der Waals surface area contributed by atoms with Crippen LogP contribution in [0.2, 0.25) is 0 Å². The standard InChI is InChI=1S/C13H24N4O/c1-4-6-11-15-8-10-17(11)9-7-13(3,12(14)18)16-5-2/h8,10,16H,4-7,9H2,1-3H3,(H2,14,18). The molecule has 0 fully saturated rings. The van der Waals surface area contributed by atoms with Crippen LogP contribution in [0.1, 0.15) is 39.4 Å². The highest BCUT2D eigenvalue weighted by molar-refractivity contribution is 5.84. The first-order valence-electron chi connectivity index (χ1n) is 6.58. The van der Waals surface area contributed by atoms with Gasteiger partial charge in [0.15, 0.2) is 0 Å². The summed E-state index contributed by atoms with van der Waals surface area (Å²) in [5.41, 5.74) is 4.82. The molecule has 0 aliphatic rings. The Hall–Kier alpha value is -1.36. The molecule has 0 spiro atoms. The van der Waals surface area contributed by atoms with Crippen LogP contribution in [-0.4, -0.2) is 27.5 Å². The van der Waals surface area contributed by atoms with E-state index in [9.17, 15) is 4.79 Å². The molecule has 1 rings (SSSR count). The number of likely N-dealkylation sites (N-methyl/N-ethyl adjacent to an activating group) is 1. The average Bonchev–Trinajstić information content (AvgIpc) is 2.75. The molecule has 1 atom stereocenters. The van der Waals surface area contributed by atoms with E-state index < -0.39 is 5.54 Å². The minimum absolute atomic E-state index is 0.304. The maximum Gasteiger partial charge on any atom is 0.237 e. The van der Waals surface area contributed by atoms with E-state index in [4.69, 9.17) is 5.73 Å². The molecular weight excluding hydrogens is 228 g/mol. The Morgan fingerprint density at radius 3 is 2.83 bits per heavy atom. The van der Waals surface area contributed by atoms with Crippen molar-refractivity contribution in [2.24, 2.45) is 5.73 Å². The second-order valence-electron chi connectivity index (χ2n) is 4.76. The van der Waals surface area contributed by atoms with Gasteiger partial charge in [-0.2, -0.15) is 0 Å². The summed E-state index contributed by atoms with van der Waals surface area (Å²) in [7, 11) is 0. The molecule has 5 nitrogen and oxygen atoms in total. The van der Waals surface area contributed by atoms with Gasteiger partial charge in [0.25, 0.3) is 0 Å². The third kappa shape index (κ3) is 3.57. The van der Waals surface area contributed by atoms with Crippen LogP contribution in [0.3, 0.4) is 0 Å². The summed E-state index contributed by atoms with van der Waals surface area (Å²) in [6.07, 6.45) is 6.46. The summed E-state index contributed by atoms with van der Waals surface area (Å²) in [6.45, 7) is 7.44. The molecule has 0 aliphatic heterocycles. The number of nitrogens with one attached hydrogen (secondary N) is 1. The van der Waals surface area contributed by atoms with Crippen molar-refractivity contribution in [3.05, 3.63) is 18.2 Å². The summed E-state index contributed by atoms with van der Waals surface area (Å²) in [6, 6.07) is 0. The first kappa shape index (κ1) is 14.7. The van der Waals surface area contributed by atoms with Gasteiger partial charge in [0, 0.05) is 25.4 Å². The molecule has 0 bridgehead atoms. The molecule has 1 amide bonds. The zero-order valence-electron chi connectivity index (χ0n) is 11.6. The molecule has 5 heteroatoms. The molecule has 102 valence electrons. The molecule has 0 aromatic carbocycles. The third-order valence-electron chi connectivity index (χ3n) is 3.24. The van der Waals surface area contributed by atoms with Crippen molar-refractivity contribution in [1.82, 2.24) is 14.9 Å². The fourth-order valence-corrected chi connectivity index (χ4v) is 2.03. The minimum atomic E-state index is -0.650. The Labute approximate surface area is 109 Å². The van der Waals surface area contributed by atoms with Gasteiger partial charge in [0.1, 0.15) is 5.82 Å². The monoisotopic (exact) mass is 252 g/mol. The highest BCUT2D eigenvalue weighted by Gasteiger charge is 2.29. The van der Waals surface area contributed by atoms with Gasteiger partial charge in [-0.15, -0.1) is 0 Å². The fraction of sp³-hybridized carbons (Fsp3) is 0.692. The number of carbonyl (C=O) groups excluding carboxylic acids is 1. The molecule has 1 aromatic rings. The first-order chi connectivity index (χ1) is 8.53. The van der Waals surface area contributed by atoms with Crippen molar-refractivity contribution in [1.29, 1.82) is 0 Å². The lowest BCUT2D eigenvalue weighted by molar-refractivity contribution is -0.124. The predicted molar refractivity (Wildman–Crippen MR) is 72.1 cm³/mol. The number of hydrogen-bond donors (Lipinski definition) is 2. The second kappa shape index (κ2) is 6.54. The van der Waals surface area contributed by atoms with Crippen LogP contribution < -0.4 is 11.1 Å². The highest BCUT2D eigenvalue weighted by atomic mass is 16.1. The Morgan fingerprint density at radius 1 is 1.56 bits per heavy atom. The number of aryl methyl sites for hydroxylation is 2. The van der Waals surface area contributed by atoms with Crippen molar-refractivity contribution in [2.75, 3.05) is 6.54 Å². The fourth-order valence-electron chi connectivity index (χ4n) is 2.03. The zero-order valence-corrected chi connectivity index (χ0v) is 11.6. The van der Waals surface area contributed by atoms with Gasteiger partial charge in [-0.3, -0.25) is 4.79 Å². The second-order valence-corrected chi connectivity index (χ2v) is 4.76. The molecule has 3 N–H and O–H groups in total. The predicted octanol–water partition coefficient (Wildman–Crippen LogP) is 1.08. The van der Waals surface area contributed by atoms with Gasteiger partial charge in [0.2, 0.25) is 5.91 Å². The number of carbonyl (C=O) groups is 1. The number of rotatable bonds is 8. The van der Waals surface area contributed by atoms with Gasteiger partial charge >= 0.3 is 0 Å². The van der Waals surface area contributed by atoms with Crippen molar-refractivity contribution in [3.8, 4) is 0 Å². The van der Waals surface area contributed by atoms with Gasteiger partial charge in [-0.05, 0) is 26.3 Å². The number of nitrogens with two attached hydrogens (primary N) is 1. The molecule has 1 heterocycles. The number of amides is 1. The molecular formula is C13H24N4O. The number of hydrogen-bond acceptors (Lipinski definition) is 3. The molecule has 0 radical (unpaired) electrons. The van der Waals surface area contributed by atoms with Crippen LogP contribution >= 0.6 is 0 Å². The number of aromatic nitrogens is 2. The van der Waals surface area contributed by atoms with Crippen LogP contribution in [0, 0.1) is 0 Å². The maximum atomic E-state index is 11.5. The van der Waals surface area contributed by atoms with Crippen molar-refractivity contribution in [2.45, 2.75) is 52.1 Å². The summed E-state index contributed by atoms with van der Waals surface area (Å²) >= 11 is 0. The van der Waals surface area contributed by atoms with E-state index >= 15 is 0 Å². The van der Waals surface area contributed by atoms with E-state index in [1.807, 2.05) is 20.0 Å². The normalized spacial score (nSPS) is 14.4. The van der Waals surface area contributed by atoms with Crippen molar-refractivity contribution < 1.29 is 4.79 Å². The van der Waals surface area contributed by atoms with Gasteiger partial charge < -0.3 is 15.6 Å². The number of primary amides is 1. The largest absolute Gasteiger partial charge is 0.368 e. The summed E-state index contributed by atoms with van der Waals surface area (Å²) in [5.74, 6) is 0.766. The highest BCUT2D eigenvalue weighted by Crippen LogP contribution is 2.12. The molecule has 0 aliphatic carbocycles. The summed E-state index contributed by atoms with van der Waals surface area (Å²) in [4.78, 5) is 15.8. The van der Waals surface area contributed by atoms with Crippen LogP contribution in [0.25, 0.3) is 0 Å². The maximum absolute atomic E-state index is 11.5. The lowest BCUT2D eigenvalue weighted by atomic mass is 9.97. The summed E-state index contributed by atoms with van der Waals surface area (Å²) < 4.78 is 2.10. The van der Waals surface area contributed by atoms with Crippen molar-refractivity contribution in [3.63, 3.8) is 0 Å². The smallest absolute Gasteiger partial charge is 0.237 e. The molecule has 1 aromatic heterocycles. The Kier molecular flexibility index (Phi) is 5.34. The van der Waals surface area contributed by atoms with Crippen LogP contribution in [0.15, 0.2) is 12.4 Å². The first-order valence-corrected chi connectivity index (χ1v) is 6.58. The lowest BCUT2D eigenvalue weighted by Crippen LogP contribution is -2.53. The Bertz CT molecular complexity index is 388. The van der Waals surface area contributed by atoms with Gasteiger partial charge in [-0.25, -0.2) is 4.98 Å². The van der Waals surface area contributed by atoms with Crippen molar-refractivity contribution >= 4 is 5.91 Å². The third-order valence-corrected chi connectivity index (χ3v) is 3.24. The van der Waals surface area contributed by atoms with E-state index in [1.165, 1.54) is 0 Å². The van der Waals surface area contributed by atoms with E-state index in [2.05, 4.69) is 21.8 Å². The Balaban J connectivity index is 2.67. The van der Waals surface area contributed by atoms with Crippen LogP contribution in [0.4, 0.5) is 0 Å². The van der Waals surface area contributed by atoms with Crippen LogP contribution in [-0.2, 0) is 17.8 Å². The molecule has 0 saturated heterocycles. The van der Waals surface area contributed by atoms with Gasteiger partial charge in [0.05, 0.1) is 5.54 Å². The van der Waals surface area contributed by atoms with Gasteiger partial charge in [-0.1, -0.05) is 13.8 Å². The minimum Gasteiger partial charge on any atom is -0.368 e. The van der Waals surface area contributed by atoms with E-state index in [1.54, 1.807) is 6.20 Å².